The first-order chi connectivity index (χ1) is 27.0. The van der Waals surface area contributed by atoms with E-state index in [0.29, 0.717) is 25.0 Å². The van der Waals surface area contributed by atoms with E-state index in [1.165, 1.54) is 16.4 Å². The molecule has 1 saturated heterocycles. The zero-order valence-electron chi connectivity index (χ0n) is 39.5. The second-order valence-corrected chi connectivity index (χ2v) is 20.9. The molecule has 1 heterocycles. The maximum absolute atomic E-state index is 11.9. The summed E-state index contributed by atoms with van der Waals surface area (Å²) < 4.78 is 9.61. The molecular formula is C45H91O15PV. The van der Waals surface area contributed by atoms with E-state index >= 15 is 0 Å². The van der Waals surface area contributed by atoms with Crippen LogP contribution in [-0.2, 0) is 42.4 Å². The Balaban J connectivity index is -0.000000292. The maximum atomic E-state index is 11.9. The van der Waals surface area contributed by atoms with Gasteiger partial charge in [0.25, 0.3) is 0 Å². The number of Topliss-reactive ketones (excluding diaryl/α,β-unsaturated/α-hetero) is 1. The fourth-order valence-corrected chi connectivity index (χ4v) is 6.08. The van der Waals surface area contributed by atoms with Crippen LogP contribution in [0.4, 0.5) is 0 Å². The third kappa shape index (κ3) is 41.7. The molecule has 11 unspecified atom stereocenters. The second-order valence-electron chi connectivity index (χ2n) is 20.9. The Morgan fingerprint density at radius 2 is 0.871 bits per heavy atom. The van der Waals surface area contributed by atoms with Crippen molar-refractivity contribution >= 4 is 27.2 Å². The Labute approximate surface area is 388 Å². The fraction of sp³-hybridized carbons (Fsp3) is 0.889. The number of cyclic esters (lactones) is 1. The van der Waals surface area contributed by atoms with E-state index in [4.69, 9.17) is 9.63 Å². The minimum atomic E-state index is -0.939. The van der Waals surface area contributed by atoms with Gasteiger partial charge in [-0.3, -0.25) is 14.4 Å². The molecule has 1 radical (unpaired) electrons. The van der Waals surface area contributed by atoms with Crippen molar-refractivity contribution in [3.63, 3.8) is 0 Å². The fourth-order valence-electron chi connectivity index (χ4n) is 6.08. The zero-order chi connectivity index (χ0) is 48.0. The number of carbonyl (C=O) groups is 3. The van der Waals surface area contributed by atoms with Crippen molar-refractivity contribution in [1.82, 2.24) is 0 Å². The maximum Gasteiger partial charge on any atom is 0.318 e. The SMILES string of the molecule is C.C=C1CC(=O)O1.CC(=O)CC(=O)OC(CC(O)CC(O)CC(C)(C)C)CC(O)CC(O)C(C)(C)C.CC(C)(C)CC(O)CC(O)CC(O)CC(O)CC(O)C(C)(C)C.OP.[V]. The van der Waals surface area contributed by atoms with Gasteiger partial charge >= 0.3 is 11.9 Å². The summed E-state index contributed by atoms with van der Waals surface area (Å²) in [6.45, 7) is 27.9. The van der Waals surface area contributed by atoms with Crippen molar-refractivity contribution in [3.8, 4) is 0 Å². The molecule has 11 atom stereocenters. The van der Waals surface area contributed by atoms with Crippen LogP contribution in [0.25, 0.3) is 0 Å². The first kappa shape index (κ1) is 70.0. The monoisotopic (exact) mass is 954 g/mol. The largest absolute Gasteiger partial charge is 0.462 e. The molecule has 0 aromatic rings. The van der Waals surface area contributed by atoms with Gasteiger partial charge in [0.2, 0.25) is 0 Å². The van der Waals surface area contributed by atoms with Gasteiger partial charge < -0.3 is 60.3 Å². The molecule has 0 spiro atoms. The van der Waals surface area contributed by atoms with Crippen LogP contribution in [0.2, 0.25) is 0 Å². The molecule has 0 aromatic carbocycles. The van der Waals surface area contributed by atoms with Gasteiger partial charge in [0.15, 0.2) is 0 Å². The molecule has 1 rings (SSSR count). The third-order valence-corrected chi connectivity index (χ3v) is 9.22. The van der Waals surface area contributed by atoms with Crippen molar-refractivity contribution in [3.05, 3.63) is 12.3 Å². The molecule has 0 aromatic heterocycles. The molecular weight excluding hydrogens is 862 g/mol. The van der Waals surface area contributed by atoms with Gasteiger partial charge in [-0.2, -0.15) is 0 Å². The molecule has 371 valence electrons. The number of rotatable bonds is 21. The predicted octanol–water partition coefficient (Wildman–Crippen LogP) is 5.05. The summed E-state index contributed by atoms with van der Waals surface area (Å²) in [6.07, 6.45) is -5.79. The van der Waals surface area contributed by atoms with E-state index in [1.54, 1.807) is 0 Å². The first-order valence-electron chi connectivity index (χ1n) is 20.9. The molecule has 15 nitrogen and oxygen atoms in total. The average molecular weight is 954 g/mol. The third-order valence-electron chi connectivity index (χ3n) is 9.22. The number of aliphatic hydroxyl groups excluding tert-OH is 9. The van der Waals surface area contributed by atoms with Crippen LogP contribution in [-0.4, -0.2) is 130 Å². The molecule has 62 heavy (non-hydrogen) atoms. The van der Waals surface area contributed by atoms with Crippen LogP contribution >= 0.6 is 9.47 Å². The number of esters is 2. The number of ether oxygens (including phenoxy) is 2. The van der Waals surface area contributed by atoms with E-state index in [1.807, 2.05) is 83.1 Å². The Morgan fingerprint density at radius 1 is 0.597 bits per heavy atom. The number of aliphatic hydroxyl groups is 9. The van der Waals surface area contributed by atoms with Crippen LogP contribution in [0.15, 0.2) is 12.3 Å². The van der Waals surface area contributed by atoms with Crippen LogP contribution in [0, 0.1) is 21.7 Å². The van der Waals surface area contributed by atoms with Gasteiger partial charge in [0.05, 0.1) is 54.9 Å². The zero-order valence-corrected chi connectivity index (χ0v) is 42.1. The quantitative estimate of drug-likeness (QED) is 0.0410. The number of ketones is 1. The van der Waals surface area contributed by atoms with Crippen LogP contribution in [0.1, 0.15) is 174 Å². The number of hydrogen-bond donors (Lipinski definition) is 10. The van der Waals surface area contributed by atoms with E-state index in [-0.39, 0.29) is 112 Å². The molecule has 1 aliphatic heterocycles. The number of hydrogen-bond acceptors (Lipinski definition) is 15. The molecule has 1 fully saturated rings. The van der Waals surface area contributed by atoms with Gasteiger partial charge in [-0.05, 0) is 89.4 Å². The predicted molar refractivity (Wildman–Crippen MR) is 242 cm³/mol. The topological polar surface area (TPSA) is 272 Å². The van der Waals surface area contributed by atoms with Crippen LogP contribution in [0.3, 0.4) is 0 Å². The summed E-state index contributed by atoms with van der Waals surface area (Å²) in [5, 5.41) is 90.8. The van der Waals surface area contributed by atoms with Crippen LogP contribution < -0.4 is 0 Å². The Hall–Kier alpha value is -1.04. The Bertz CT molecular complexity index is 1190. The van der Waals surface area contributed by atoms with E-state index < -0.39 is 72.4 Å². The van der Waals surface area contributed by atoms with E-state index in [2.05, 4.69) is 11.3 Å². The Morgan fingerprint density at radius 3 is 1.11 bits per heavy atom. The normalized spacial score (nSPS) is 17.7. The minimum Gasteiger partial charge on any atom is -0.462 e. The van der Waals surface area contributed by atoms with Gasteiger partial charge in [-0.25, -0.2) is 0 Å². The van der Waals surface area contributed by atoms with Gasteiger partial charge in [0.1, 0.15) is 30.5 Å². The first-order valence-corrected chi connectivity index (χ1v) is 21.5. The summed E-state index contributed by atoms with van der Waals surface area (Å²) in [5.41, 5.74) is -0.830. The summed E-state index contributed by atoms with van der Waals surface area (Å²) in [4.78, 5) is 39.8. The van der Waals surface area contributed by atoms with Gasteiger partial charge in [-0.15, -0.1) is 0 Å². The molecule has 10 N–H and O–H groups in total. The molecule has 1 aliphatic rings. The van der Waals surface area contributed by atoms with Crippen LogP contribution in [0.5, 0.6) is 0 Å². The molecule has 0 amide bonds. The molecule has 17 heteroatoms. The Kier molecular flexibility index (Phi) is 37.7. The molecule has 0 saturated carbocycles. The molecule has 0 aliphatic carbocycles. The summed E-state index contributed by atoms with van der Waals surface area (Å²) in [7, 11) is 1.42. The smallest absolute Gasteiger partial charge is 0.318 e. The van der Waals surface area contributed by atoms with E-state index in [9.17, 15) is 60.3 Å². The summed E-state index contributed by atoms with van der Waals surface area (Å²) in [6, 6.07) is 0. The van der Waals surface area contributed by atoms with Crippen molar-refractivity contribution < 1.29 is 93.3 Å². The van der Waals surface area contributed by atoms with E-state index in [0.717, 1.165) is 0 Å². The number of carbonyl (C=O) groups excluding carboxylic acids is 3. The average Bonchev–Trinajstić information content (AvgIpc) is 2.98. The van der Waals surface area contributed by atoms with Crippen molar-refractivity contribution in [1.29, 1.82) is 0 Å². The molecule has 0 bridgehead atoms. The summed E-state index contributed by atoms with van der Waals surface area (Å²) >= 11 is 0. The van der Waals surface area contributed by atoms with Crippen molar-refractivity contribution in [2.45, 2.75) is 236 Å². The standard InChI is InChI=1S/C22H42O7.C18H38O5.C4H4O2.CH4.H3OP.V/c1-14(23)8-20(28)29-18(11-16(25)12-19(27)22(5,6)7)10-15(24)9-17(26)13-21(2,3)4;1-17(2,3)11-15(22)9-13(20)7-12(19)8-14(21)10-16(23)18(4,5)6;1-3-2-4(5)6-3;;1-2;/h15-19,24-27H,8-13H2,1-7H3;12-16,19-23H,7-11H2,1-6H3;1-2H2;1H4;1H,2H2;. The van der Waals surface area contributed by atoms with Crippen molar-refractivity contribution in [2.75, 3.05) is 0 Å². The van der Waals surface area contributed by atoms with Crippen molar-refractivity contribution in [2.24, 2.45) is 21.7 Å². The van der Waals surface area contributed by atoms with Gasteiger partial charge in [-0.1, -0.05) is 97.1 Å². The van der Waals surface area contributed by atoms with Gasteiger partial charge in [0, 0.05) is 31.4 Å². The second kappa shape index (κ2) is 33.4. The minimum absolute atomic E-state index is 0. The summed E-state index contributed by atoms with van der Waals surface area (Å²) in [5.74, 6) is -0.632.